The molecule has 2 N–H and O–H groups in total. The fourth-order valence-electron chi connectivity index (χ4n) is 2.77. The Kier molecular flexibility index (Phi) is 4.77. The summed E-state index contributed by atoms with van der Waals surface area (Å²) in [5, 5.41) is 0. The molecule has 0 bridgehead atoms. The highest BCUT2D eigenvalue weighted by Crippen LogP contribution is 2.22. The SMILES string of the molecule is CC1CC(C)N(CCOc2ccccc2C(N)=S)C1. The number of para-hydroxylation sites is 1. The van der Waals surface area contributed by atoms with Crippen LogP contribution in [-0.2, 0) is 0 Å². The first-order chi connectivity index (χ1) is 9.08. The van der Waals surface area contributed by atoms with Crippen molar-refractivity contribution in [1.82, 2.24) is 4.90 Å². The molecule has 0 spiro atoms. The number of thiocarbonyl (C=S) groups is 1. The number of benzene rings is 1. The summed E-state index contributed by atoms with van der Waals surface area (Å²) in [4.78, 5) is 2.87. The average molecular weight is 278 g/mol. The van der Waals surface area contributed by atoms with Crippen LogP contribution in [0.1, 0.15) is 25.8 Å². The first-order valence-electron chi connectivity index (χ1n) is 6.83. The first kappa shape index (κ1) is 14.3. The van der Waals surface area contributed by atoms with E-state index in [2.05, 4.69) is 18.7 Å². The third-order valence-corrected chi connectivity index (χ3v) is 3.92. The van der Waals surface area contributed by atoms with Gasteiger partial charge < -0.3 is 10.5 Å². The standard InChI is InChI=1S/C15H22N2OS/c1-11-9-12(2)17(10-11)7-8-18-14-6-4-3-5-13(14)15(16)19/h3-6,11-12H,7-10H2,1-2H3,(H2,16,19). The topological polar surface area (TPSA) is 38.5 Å². The summed E-state index contributed by atoms with van der Waals surface area (Å²) >= 11 is 5.03. The molecule has 1 heterocycles. The molecule has 104 valence electrons. The van der Waals surface area contributed by atoms with E-state index in [9.17, 15) is 0 Å². The van der Waals surface area contributed by atoms with Crippen LogP contribution in [0.5, 0.6) is 5.75 Å². The van der Waals surface area contributed by atoms with Gasteiger partial charge in [-0.15, -0.1) is 0 Å². The van der Waals surface area contributed by atoms with Gasteiger partial charge in [-0.1, -0.05) is 31.3 Å². The summed E-state index contributed by atoms with van der Waals surface area (Å²) in [6, 6.07) is 8.34. The van der Waals surface area contributed by atoms with Crippen LogP contribution in [0, 0.1) is 5.92 Å². The zero-order chi connectivity index (χ0) is 13.8. The van der Waals surface area contributed by atoms with Gasteiger partial charge in [0.1, 0.15) is 17.3 Å². The van der Waals surface area contributed by atoms with Crippen molar-refractivity contribution in [2.75, 3.05) is 19.7 Å². The van der Waals surface area contributed by atoms with E-state index in [4.69, 9.17) is 22.7 Å². The molecule has 2 rings (SSSR count). The van der Waals surface area contributed by atoms with Crippen molar-refractivity contribution in [3.8, 4) is 5.75 Å². The Morgan fingerprint density at radius 2 is 2.16 bits per heavy atom. The number of nitrogens with two attached hydrogens (primary N) is 1. The molecule has 1 aliphatic heterocycles. The van der Waals surface area contributed by atoms with E-state index < -0.39 is 0 Å². The van der Waals surface area contributed by atoms with Crippen molar-refractivity contribution in [1.29, 1.82) is 0 Å². The molecule has 19 heavy (non-hydrogen) atoms. The van der Waals surface area contributed by atoms with E-state index in [1.54, 1.807) is 0 Å². The predicted octanol–water partition coefficient (Wildman–Crippen LogP) is 2.43. The van der Waals surface area contributed by atoms with Crippen LogP contribution in [-0.4, -0.2) is 35.6 Å². The minimum atomic E-state index is 0.388. The largest absolute Gasteiger partial charge is 0.492 e. The highest BCUT2D eigenvalue weighted by Gasteiger charge is 2.25. The lowest BCUT2D eigenvalue weighted by Crippen LogP contribution is -2.31. The van der Waals surface area contributed by atoms with Gasteiger partial charge in [-0.05, 0) is 31.4 Å². The second-order valence-electron chi connectivity index (χ2n) is 5.39. The van der Waals surface area contributed by atoms with E-state index in [0.29, 0.717) is 17.6 Å². The molecule has 1 saturated heterocycles. The molecule has 2 unspecified atom stereocenters. The smallest absolute Gasteiger partial charge is 0.129 e. The number of rotatable bonds is 5. The fraction of sp³-hybridized carbons (Fsp3) is 0.533. The summed E-state index contributed by atoms with van der Waals surface area (Å²) < 4.78 is 5.83. The summed E-state index contributed by atoms with van der Waals surface area (Å²) in [6.07, 6.45) is 1.28. The molecular formula is C15H22N2OS. The predicted molar refractivity (Wildman–Crippen MR) is 82.6 cm³/mol. The number of hydrogen-bond acceptors (Lipinski definition) is 3. The van der Waals surface area contributed by atoms with Gasteiger partial charge in [-0.3, -0.25) is 4.90 Å². The van der Waals surface area contributed by atoms with Gasteiger partial charge in [0.15, 0.2) is 0 Å². The van der Waals surface area contributed by atoms with E-state index in [0.717, 1.165) is 23.8 Å². The van der Waals surface area contributed by atoms with Crippen molar-refractivity contribution in [3.63, 3.8) is 0 Å². The molecule has 1 fully saturated rings. The summed E-state index contributed by atoms with van der Waals surface area (Å²) in [6.45, 7) is 7.39. The maximum Gasteiger partial charge on any atom is 0.129 e. The van der Waals surface area contributed by atoms with Crippen LogP contribution in [0.4, 0.5) is 0 Å². The Bertz CT molecular complexity index is 450. The van der Waals surface area contributed by atoms with Crippen LogP contribution >= 0.6 is 12.2 Å². The van der Waals surface area contributed by atoms with E-state index in [-0.39, 0.29) is 0 Å². The number of ether oxygens (including phenoxy) is 1. The van der Waals surface area contributed by atoms with E-state index in [1.807, 2.05) is 24.3 Å². The van der Waals surface area contributed by atoms with E-state index in [1.165, 1.54) is 13.0 Å². The average Bonchev–Trinajstić information content (AvgIpc) is 2.68. The van der Waals surface area contributed by atoms with Gasteiger partial charge in [-0.25, -0.2) is 0 Å². The first-order valence-corrected chi connectivity index (χ1v) is 7.24. The van der Waals surface area contributed by atoms with Crippen LogP contribution in [0.2, 0.25) is 0 Å². The molecule has 0 aliphatic carbocycles. The van der Waals surface area contributed by atoms with Crippen molar-refractivity contribution in [2.45, 2.75) is 26.3 Å². The summed E-state index contributed by atoms with van der Waals surface area (Å²) in [5.74, 6) is 1.58. The fourth-order valence-corrected chi connectivity index (χ4v) is 2.94. The molecule has 2 atom stereocenters. The Hall–Kier alpha value is -1.13. The second-order valence-corrected chi connectivity index (χ2v) is 5.83. The summed E-state index contributed by atoms with van der Waals surface area (Å²) in [7, 11) is 0. The van der Waals surface area contributed by atoms with Gasteiger partial charge >= 0.3 is 0 Å². The Morgan fingerprint density at radius 1 is 1.42 bits per heavy atom. The zero-order valence-corrected chi connectivity index (χ0v) is 12.5. The van der Waals surface area contributed by atoms with E-state index >= 15 is 0 Å². The Morgan fingerprint density at radius 3 is 2.79 bits per heavy atom. The lowest BCUT2D eigenvalue weighted by molar-refractivity contribution is 0.202. The van der Waals surface area contributed by atoms with Crippen molar-refractivity contribution >= 4 is 17.2 Å². The van der Waals surface area contributed by atoms with Crippen LogP contribution in [0.3, 0.4) is 0 Å². The number of hydrogen-bond donors (Lipinski definition) is 1. The molecule has 1 aromatic carbocycles. The van der Waals surface area contributed by atoms with Crippen LogP contribution in [0.25, 0.3) is 0 Å². The molecule has 0 radical (unpaired) electrons. The quantitative estimate of drug-likeness (QED) is 0.840. The number of nitrogens with zero attached hydrogens (tertiary/aromatic N) is 1. The number of likely N-dealkylation sites (tertiary alicyclic amines) is 1. The van der Waals surface area contributed by atoms with Gasteiger partial charge in [0.05, 0.1) is 5.56 Å². The Labute approximate surface area is 120 Å². The molecule has 3 nitrogen and oxygen atoms in total. The minimum Gasteiger partial charge on any atom is -0.492 e. The normalized spacial score (nSPS) is 23.5. The zero-order valence-electron chi connectivity index (χ0n) is 11.6. The van der Waals surface area contributed by atoms with Crippen molar-refractivity contribution in [3.05, 3.63) is 29.8 Å². The molecule has 4 heteroatoms. The monoisotopic (exact) mass is 278 g/mol. The lowest BCUT2D eigenvalue weighted by atomic mass is 10.1. The Balaban J connectivity index is 1.88. The second kappa shape index (κ2) is 6.35. The highest BCUT2D eigenvalue weighted by atomic mass is 32.1. The molecule has 0 aromatic heterocycles. The third kappa shape index (κ3) is 3.67. The van der Waals surface area contributed by atoms with Gasteiger partial charge in [0.25, 0.3) is 0 Å². The van der Waals surface area contributed by atoms with Crippen LogP contribution < -0.4 is 10.5 Å². The summed E-state index contributed by atoms with van der Waals surface area (Å²) in [5.41, 5.74) is 6.51. The van der Waals surface area contributed by atoms with Gasteiger partial charge in [0, 0.05) is 19.1 Å². The maximum absolute atomic E-state index is 5.83. The molecular weight excluding hydrogens is 256 g/mol. The third-order valence-electron chi connectivity index (χ3n) is 3.70. The lowest BCUT2D eigenvalue weighted by Gasteiger charge is -2.21. The molecule has 0 saturated carbocycles. The van der Waals surface area contributed by atoms with Crippen molar-refractivity contribution in [2.24, 2.45) is 11.7 Å². The maximum atomic E-state index is 5.83. The highest BCUT2D eigenvalue weighted by molar-refractivity contribution is 7.80. The van der Waals surface area contributed by atoms with Crippen LogP contribution in [0.15, 0.2) is 24.3 Å². The molecule has 1 aliphatic rings. The van der Waals surface area contributed by atoms with Gasteiger partial charge in [-0.2, -0.15) is 0 Å². The van der Waals surface area contributed by atoms with Gasteiger partial charge in [0.2, 0.25) is 0 Å². The van der Waals surface area contributed by atoms with Crippen molar-refractivity contribution < 1.29 is 4.74 Å². The minimum absolute atomic E-state index is 0.388. The molecule has 1 aromatic rings. The molecule has 0 amide bonds.